The Balaban J connectivity index is 2.61. The fraction of sp³-hybridized carbons (Fsp3) is 0.417. The van der Waals surface area contributed by atoms with E-state index in [1.165, 1.54) is 4.90 Å². The van der Waals surface area contributed by atoms with Crippen molar-refractivity contribution < 1.29 is 14.6 Å². The van der Waals surface area contributed by atoms with Gasteiger partial charge in [0.2, 0.25) is 0 Å². The molecule has 1 aromatic carbocycles. The first kappa shape index (κ1) is 12.5. The maximum atomic E-state index is 11.3. The summed E-state index contributed by atoms with van der Waals surface area (Å²) in [5, 5.41) is 9.38. The summed E-state index contributed by atoms with van der Waals surface area (Å²) in [7, 11) is 3.36. The molecule has 1 atom stereocenters. The predicted molar refractivity (Wildman–Crippen MR) is 61.3 cm³/mol. The smallest absolute Gasteiger partial charge is 0.259 e. The molecule has 1 N–H and O–H groups in total. The van der Waals surface area contributed by atoms with Gasteiger partial charge >= 0.3 is 0 Å². The summed E-state index contributed by atoms with van der Waals surface area (Å²) >= 11 is 0. The molecule has 1 rings (SSSR count). The maximum absolute atomic E-state index is 11.3. The average Bonchev–Trinajstić information content (AvgIpc) is 2.26. The average molecular weight is 223 g/mol. The molecule has 0 fully saturated rings. The number of ether oxygens (including phenoxy) is 1. The predicted octanol–water partition coefficient (Wildman–Crippen LogP) is 1.21. The Labute approximate surface area is 95.5 Å². The van der Waals surface area contributed by atoms with E-state index in [0.29, 0.717) is 5.75 Å². The van der Waals surface area contributed by atoms with Crippen molar-refractivity contribution in [1.29, 1.82) is 0 Å². The van der Waals surface area contributed by atoms with Crippen LogP contribution in [-0.4, -0.2) is 36.6 Å². The quantitative estimate of drug-likeness (QED) is 0.834. The summed E-state index contributed by atoms with van der Waals surface area (Å²) < 4.78 is 5.32. The molecule has 0 spiro atoms. The highest BCUT2D eigenvalue weighted by Crippen LogP contribution is 2.18. The third-order valence-corrected chi connectivity index (χ3v) is 2.20. The van der Waals surface area contributed by atoms with E-state index in [0.717, 1.165) is 5.56 Å². The highest BCUT2D eigenvalue weighted by Gasteiger charge is 2.06. The van der Waals surface area contributed by atoms with Crippen molar-refractivity contribution in [2.75, 3.05) is 20.7 Å². The van der Waals surface area contributed by atoms with Crippen molar-refractivity contribution in [3.8, 4) is 5.75 Å². The van der Waals surface area contributed by atoms with Crippen molar-refractivity contribution in [2.24, 2.45) is 0 Å². The van der Waals surface area contributed by atoms with Gasteiger partial charge < -0.3 is 14.7 Å². The zero-order valence-electron chi connectivity index (χ0n) is 9.80. The van der Waals surface area contributed by atoms with E-state index in [1.807, 2.05) is 6.07 Å². The molecule has 1 amide bonds. The number of nitrogens with zero attached hydrogens (tertiary/aromatic N) is 1. The van der Waals surface area contributed by atoms with Crippen molar-refractivity contribution in [1.82, 2.24) is 4.90 Å². The maximum Gasteiger partial charge on any atom is 0.259 e. The van der Waals surface area contributed by atoms with Gasteiger partial charge in [0, 0.05) is 14.1 Å². The number of amides is 1. The van der Waals surface area contributed by atoms with E-state index < -0.39 is 6.10 Å². The molecule has 0 saturated heterocycles. The number of rotatable bonds is 4. The Hall–Kier alpha value is -1.55. The molecule has 0 heterocycles. The summed E-state index contributed by atoms with van der Waals surface area (Å²) in [6.45, 7) is 1.69. The molecule has 88 valence electrons. The minimum Gasteiger partial charge on any atom is -0.484 e. The lowest BCUT2D eigenvalue weighted by Crippen LogP contribution is -2.27. The number of carbonyl (C=O) groups excluding carboxylic acids is 1. The number of carbonyl (C=O) groups is 1. The monoisotopic (exact) mass is 223 g/mol. The minimum absolute atomic E-state index is 0.0102. The lowest BCUT2D eigenvalue weighted by molar-refractivity contribution is -0.130. The van der Waals surface area contributed by atoms with E-state index in [1.54, 1.807) is 39.2 Å². The number of aliphatic hydroxyl groups excluding tert-OH is 1. The summed E-state index contributed by atoms with van der Waals surface area (Å²) in [6.07, 6.45) is -0.534. The highest BCUT2D eigenvalue weighted by molar-refractivity contribution is 5.77. The van der Waals surface area contributed by atoms with Crippen LogP contribution >= 0.6 is 0 Å². The van der Waals surface area contributed by atoms with Gasteiger partial charge in [0.05, 0.1) is 6.10 Å². The van der Waals surface area contributed by atoms with Crippen LogP contribution in [0.1, 0.15) is 18.6 Å². The summed E-state index contributed by atoms with van der Waals surface area (Å²) in [5.74, 6) is 0.496. The Morgan fingerprint density at radius 2 is 2.19 bits per heavy atom. The van der Waals surface area contributed by atoms with E-state index >= 15 is 0 Å². The van der Waals surface area contributed by atoms with Gasteiger partial charge in [0.1, 0.15) is 5.75 Å². The molecule has 16 heavy (non-hydrogen) atoms. The van der Waals surface area contributed by atoms with Gasteiger partial charge in [-0.05, 0) is 24.6 Å². The third kappa shape index (κ3) is 3.55. The lowest BCUT2D eigenvalue weighted by Gasteiger charge is -2.12. The van der Waals surface area contributed by atoms with Crippen LogP contribution < -0.4 is 4.74 Å². The van der Waals surface area contributed by atoms with Crippen molar-refractivity contribution in [2.45, 2.75) is 13.0 Å². The molecule has 1 aromatic rings. The van der Waals surface area contributed by atoms with Gasteiger partial charge in [-0.2, -0.15) is 0 Å². The number of benzene rings is 1. The van der Waals surface area contributed by atoms with Crippen LogP contribution in [0.3, 0.4) is 0 Å². The van der Waals surface area contributed by atoms with Crippen LogP contribution in [0.15, 0.2) is 24.3 Å². The van der Waals surface area contributed by atoms with Crippen molar-refractivity contribution in [3.05, 3.63) is 29.8 Å². The minimum atomic E-state index is -0.534. The molecule has 0 saturated carbocycles. The number of hydrogen-bond donors (Lipinski definition) is 1. The molecular formula is C12H17NO3. The zero-order chi connectivity index (χ0) is 12.1. The van der Waals surface area contributed by atoms with Gasteiger partial charge in [-0.1, -0.05) is 12.1 Å². The first-order valence-electron chi connectivity index (χ1n) is 5.11. The highest BCUT2D eigenvalue weighted by atomic mass is 16.5. The van der Waals surface area contributed by atoms with Crippen LogP contribution in [-0.2, 0) is 4.79 Å². The van der Waals surface area contributed by atoms with Crippen LogP contribution in [0, 0.1) is 0 Å². The topological polar surface area (TPSA) is 49.8 Å². The van der Waals surface area contributed by atoms with Gasteiger partial charge in [-0.3, -0.25) is 4.79 Å². The van der Waals surface area contributed by atoms with Gasteiger partial charge in [0.15, 0.2) is 6.61 Å². The third-order valence-electron chi connectivity index (χ3n) is 2.20. The molecule has 0 bridgehead atoms. The zero-order valence-corrected chi connectivity index (χ0v) is 9.80. The summed E-state index contributed by atoms with van der Waals surface area (Å²) in [5.41, 5.74) is 0.773. The second-order valence-electron chi connectivity index (χ2n) is 3.83. The Morgan fingerprint density at radius 1 is 1.50 bits per heavy atom. The number of aliphatic hydroxyl groups is 1. The van der Waals surface area contributed by atoms with E-state index in [-0.39, 0.29) is 12.5 Å². The van der Waals surface area contributed by atoms with Gasteiger partial charge in [-0.25, -0.2) is 0 Å². The molecule has 4 nitrogen and oxygen atoms in total. The first-order valence-corrected chi connectivity index (χ1v) is 5.11. The van der Waals surface area contributed by atoms with Crippen molar-refractivity contribution in [3.63, 3.8) is 0 Å². The standard InChI is InChI=1S/C12H17NO3/c1-9(14)10-5-4-6-11(7-10)16-8-12(15)13(2)3/h4-7,9,14H,8H2,1-3H3/t9-/m1/s1. The van der Waals surface area contributed by atoms with Crippen LogP contribution in [0.4, 0.5) is 0 Å². The van der Waals surface area contributed by atoms with Crippen LogP contribution in [0.2, 0.25) is 0 Å². The summed E-state index contributed by atoms with van der Waals surface area (Å²) in [6, 6.07) is 7.09. The Bertz CT molecular complexity index is 361. The van der Waals surface area contributed by atoms with Crippen LogP contribution in [0.25, 0.3) is 0 Å². The normalized spacial score (nSPS) is 12.0. The largest absolute Gasteiger partial charge is 0.484 e. The molecule has 0 unspecified atom stereocenters. The Kier molecular flexibility index (Phi) is 4.31. The van der Waals surface area contributed by atoms with Crippen LogP contribution in [0.5, 0.6) is 5.75 Å². The summed E-state index contributed by atoms with van der Waals surface area (Å²) in [4.78, 5) is 12.8. The molecule has 0 aliphatic heterocycles. The van der Waals surface area contributed by atoms with Gasteiger partial charge in [-0.15, -0.1) is 0 Å². The second-order valence-corrected chi connectivity index (χ2v) is 3.83. The first-order chi connectivity index (χ1) is 7.50. The molecular weight excluding hydrogens is 206 g/mol. The van der Waals surface area contributed by atoms with E-state index in [9.17, 15) is 9.90 Å². The molecule has 0 aliphatic carbocycles. The fourth-order valence-electron chi connectivity index (χ4n) is 1.14. The molecule has 0 radical (unpaired) electrons. The molecule has 0 aromatic heterocycles. The number of hydrogen-bond acceptors (Lipinski definition) is 3. The van der Waals surface area contributed by atoms with Crippen molar-refractivity contribution >= 4 is 5.91 Å². The van der Waals surface area contributed by atoms with Gasteiger partial charge in [0.25, 0.3) is 5.91 Å². The fourth-order valence-corrected chi connectivity index (χ4v) is 1.14. The van der Waals surface area contributed by atoms with E-state index in [2.05, 4.69) is 0 Å². The molecule has 4 heteroatoms. The number of likely N-dealkylation sites (N-methyl/N-ethyl adjacent to an activating group) is 1. The lowest BCUT2D eigenvalue weighted by atomic mass is 10.1. The molecule has 0 aliphatic rings. The Morgan fingerprint density at radius 3 is 2.75 bits per heavy atom. The second kappa shape index (κ2) is 5.51. The SMILES string of the molecule is C[C@@H](O)c1cccc(OCC(=O)N(C)C)c1. The van der Waals surface area contributed by atoms with E-state index in [4.69, 9.17) is 4.74 Å².